The van der Waals surface area contributed by atoms with Crippen LogP contribution in [0.2, 0.25) is 5.02 Å². The van der Waals surface area contributed by atoms with Crippen LogP contribution in [0.5, 0.6) is 0 Å². The lowest BCUT2D eigenvalue weighted by Crippen LogP contribution is -2.33. The number of benzene rings is 1. The van der Waals surface area contributed by atoms with E-state index in [2.05, 4.69) is 30.6 Å². The van der Waals surface area contributed by atoms with E-state index in [1.807, 2.05) is 0 Å². The number of aryl methyl sites for hydroxylation is 1. The first-order valence-electron chi connectivity index (χ1n) is 11.7. The van der Waals surface area contributed by atoms with Crippen molar-refractivity contribution in [3.8, 4) is 11.5 Å². The quantitative estimate of drug-likeness (QED) is 0.310. The fraction of sp³-hybridized carbons (Fsp3) is 0.320. The van der Waals surface area contributed by atoms with Crippen LogP contribution in [0.3, 0.4) is 0 Å². The highest BCUT2D eigenvalue weighted by atomic mass is 35.5. The van der Waals surface area contributed by atoms with Crippen molar-refractivity contribution in [2.24, 2.45) is 0 Å². The predicted octanol–water partition coefficient (Wildman–Crippen LogP) is 4.65. The van der Waals surface area contributed by atoms with E-state index >= 15 is 0 Å². The number of ether oxygens (including phenoxy) is 1. The van der Waals surface area contributed by atoms with Crippen molar-refractivity contribution in [1.82, 2.24) is 24.3 Å². The zero-order valence-electron chi connectivity index (χ0n) is 20.4. The van der Waals surface area contributed by atoms with Gasteiger partial charge in [0.1, 0.15) is 22.7 Å². The van der Waals surface area contributed by atoms with Gasteiger partial charge in [0, 0.05) is 50.1 Å². The number of alkyl halides is 3. The maximum atomic E-state index is 13.3. The number of hydrogen-bond donors (Lipinski definition) is 2. The van der Waals surface area contributed by atoms with E-state index in [1.165, 1.54) is 6.20 Å². The molecule has 5 rings (SSSR count). The van der Waals surface area contributed by atoms with Crippen molar-refractivity contribution in [2.75, 3.05) is 30.9 Å². The third kappa shape index (κ3) is 4.76. The van der Waals surface area contributed by atoms with Gasteiger partial charge in [0.2, 0.25) is 5.91 Å². The number of amides is 1. The molecule has 13 heteroatoms. The Hall–Kier alpha value is -3.77. The maximum absolute atomic E-state index is 13.3. The van der Waals surface area contributed by atoms with Gasteiger partial charge in [-0.25, -0.2) is 19.9 Å². The minimum absolute atomic E-state index is 0.133. The van der Waals surface area contributed by atoms with Gasteiger partial charge in [-0.15, -0.1) is 0 Å². The molecule has 1 aliphatic heterocycles. The lowest BCUT2D eigenvalue weighted by molar-refractivity contribution is -0.134. The number of methoxy groups -OCH3 is 1. The summed E-state index contributed by atoms with van der Waals surface area (Å²) in [6.45, 7) is 2.52. The zero-order valence-corrected chi connectivity index (χ0v) is 21.2. The van der Waals surface area contributed by atoms with Crippen LogP contribution >= 0.6 is 11.6 Å². The number of aromatic nitrogens is 5. The van der Waals surface area contributed by atoms with E-state index in [0.29, 0.717) is 40.8 Å². The van der Waals surface area contributed by atoms with Crippen molar-refractivity contribution in [1.29, 1.82) is 0 Å². The second kappa shape index (κ2) is 9.84. The molecule has 1 amide bonds. The Kier molecular flexibility index (Phi) is 6.70. The Labute approximate surface area is 220 Å². The molecule has 1 unspecified atom stereocenters. The Morgan fingerprint density at radius 2 is 1.95 bits per heavy atom. The first-order valence-corrected chi connectivity index (χ1v) is 12.1. The number of nitrogens with one attached hydrogen (secondary N) is 2. The zero-order chi connectivity index (χ0) is 27.1. The number of nitrogens with zero attached hydrogens (tertiary/aromatic N) is 5. The molecule has 1 aliphatic rings. The largest absolute Gasteiger partial charge is 0.389 e. The third-order valence-electron chi connectivity index (χ3n) is 6.43. The van der Waals surface area contributed by atoms with Gasteiger partial charge in [-0.1, -0.05) is 23.7 Å². The van der Waals surface area contributed by atoms with Crippen molar-refractivity contribution >= 4 is 34.8 Å². The molecule has 0 saturated heterocycles. The summed E-state index contributed by atoms with van der Waals surface area (Å²) in [6, 6.07) is 6.94. The molecule has 0 spiro atoms. The van der Waals surface area contributed by atoms with E-state index in [1.54, 1.807) is 55.1 Å². The van der Waals surface area contributed by atoms with Gasteiger partial charge >= 0.3 is 6.18 Å². The van der Waals surface area contributed by atoms with E-state index in [-0.39, 0.29) is 35.4 Å². The molecule has 0 radical (unpaired) electrons. The number of hydrogen-bond acceptors (Lipinski definition) is 7. The normalized spacial score (nSPS) is 17.1. The number of carbonyl (C=O) groups excluding carboxylic acids is 1. The summed E-state index contributed by atoms with van der Waals surface area (Å²) in [4.78, 5) is 31.2. The predicted molar refractivity (Wildman–Crippen MR) is 135 cm³/mol. The summed E-state index contributed by atoms with van der Waals surface area (Å²) in [5, 5.41) is 6.59. The molecular formula is C25H23ClF3N7O2. The summed E-state index contributed by atoms with van der Waals surface area (Å²) < 4.78 is 45.6. The highest BCUT2D eigenvalue weighted by Gasteiger charge is 2.48. The number of rotatable bonds is 8. The van der Waals surface area contributed by atoms with Gasteiger partial charge in [0.25, 0.3) is 0 Å². The van der Waals surface area contributed by atoms with Crippen molar-refractivity contribution in [3.63, 3.8) is 0 Å². The Morgan fingerprint density at radius 1 is 1.18 bits per heavy atom. The first-order chi connectivity index (χ1) is 18.1. The molecule has 1 atom stereocenters. The van der Waals surface area contributed by atoms with E-state index in [4.69, 9.17) is 16.3 Å². The van der Waals surface area contributed by atoms with Gasteiger partial charge in [-0.2, -0.15) is 13.2 Å². The molecule has 0 saturated carbocycles. The average Bonchev–Trinajstić information content (AvgIpc) is 3.45. The average molecular weight is 546 g/mol. The summed E-state index contributed by atoms with van der Waals surface area (Å²) in [7, 11) is 1.56. The maximum Gasteiger partial charge on any atom is 0.389 e. The molecular weight excluding hydrogens is 523 g/mol. The van der Waals surface area contributed by atoms with Crippen LogP contribution in [0.1, 0.15) is 30.2 Å². The van der Waals surface area contributed by atoms with E-state index < -0.39 is 18.0 Å². The van der Waals surface area contributed by atoms with Gasteiger partial charge in [-0.05, 0) is 24.6 Å². The highest BCUT2D eigenvalue weighted by Crippen LogP contribution is 2.46. The third-order valence-corrected chi connectivity index (χ3v) is 6.69. The highest BCUT2D eigenvalue weighted by molar-refractivity contribution is 6.30. The molecule has 2 N–H and O–H groups in total. The Balaban J connectivity index is 1.64. The Bertz CT molecular complexity index is 1510. The molecule has 4 aromatic rings. The molecule has 1 aromatic carbocycles. The summed E-state index contributed by atoms with van der Waals surface area (Å²) in [5.74, 6) is 0.483. The van der Waals surface area contributed by atoms with Gasteiger partial charge in [0.05, 0.1) is 17.9 Å². The van der Waals surface area contributed by atoms with Crippen LogP contribution in [0.25, 0.3) is 17.2 Å². The fourth-order valence-electron chi connectivity index (χ4n) is 4.48. The standard InChI is InChI=1S/C25H23ClF3N7O2/c1-24(14-3-5-15(26)6-4-14)18-20(30-10-12-38-2)33-19(34-21(18)35-23(24)37)17-13-36-11-9-31-22(36)16(32-17)7-8-25(27,28)29/h3-6,9,11,13H,7-8,10,12H2,1-2H3,(H2,30,33,34,35,37). The van der Waals surface area contributed by atoms with Crippen molar-refractivity contribution in [2.45, 2.75) is 31.4 Å². The molecule has 9 nitrogen and oxygen atoms in total. The molecule has 3 aromatic heterocycles. The molecule has 0 aliphatic carbocycles. The van der Waals surface area contributed by atoms with Crippen LogP contribution in [-0.4, -0.2) is 56.7 Å². The molecule has 38 heavy (non-hydrogen) atoms. The smallest absolute Gasteiger partial charge is 0.383 e. The minimum Gasteiger partial charge on any atom is -0.383 e. The van der Waals surface area contributed by atoms with E-state index in [9.17, 15) is 18.0 Å². The number of halogens is 4. The minimum atomic E-state index is -4.35. The van der Waals surface area contributed by atoms with Gasteiger partial charge in [0.15, 0.2) is 11.5 Å². The first kappa shape index (κ1) is 25.9. The summed E-state index contributed by atoms with van der Waals surface area (Å²) >= 11 is 6.07. The monoisotopic (exact) mass is 545 g/mol. The lowest BCUT2D eigenvalue weighted by Gasteiger charge is -2.25. The van der Waals surface area contributed by atoms with Crippen LogP contribution in [0, 0.1) is 0 Å². The SMILES string of the molecule is COCCNc1nc(-c2cn3ccnc3c(CCC(F)(F)F)n2)nc2c1C(C)(c1ccc(Cl)cc1)C(=O)N2. The summed E-state index contributed by atoms with van der Waals surface area (Å²) in [6.07, 6.45) is -1.06. The van der Waals surface area contributed by atoms with Crippen LogP contribution in [0.4, 0.5) is 24.8 Å². The van der Waals surface area contributed by atoms with Crippen molar-refractivity contribution < 1.29 is 22.7 Å². The van der Waals surface area contributed by atoms with E-state index in [0.717, 1.165) is 0 Å². The number of carbonyl (C=O) groups is 1. The second-order valence-corrected chi connectivity index (χ2v) is 9.41. The molecule has 0 bridgehead atoms. The second-order valence-electron chi connectivity index (χ2n) is 8.97. The van der Waals surface area contributed by atoms with Gasteiger partial charge < -0.3 is 19.8 Å². The topological polar surface area (TPSA) is 106 Å². The molecule has 4 heterocycles. The number of imidazole rings is 1. The summed E-state index contributed by atoms with van der Waals surface area (Å²) in [5.41, 5.74) is 0.814. The number of anilines is 2. The molecule has 198 valence electrons. The van der Waals surface area contributed by atoms with Crippen LogP contribution < -0.4 is 10.6 Å². The lowest BCUT2D eigenvalue weighted by atomic mass is 9.77. The fourth-order valence-corrected chi connectivity index (χ4v) is 4.60. The van der Waals surface area contributed by atoms with Crippen molar-refractivity contribution in [3.05, 3.63) is 64.7 Å². The number of fused-ring (bicyclic) bond motifs is 2. The van der Waals surface area contributed by atoms with Gasteiger partial charge in [-0.3, -0.25) is 4.79 Å². The van der Waals surface area contributed by atoms with Crippen LogP contribution in [0.15, 0.2) is 42.9 Å². The molecule has 0 fully saturated rings. The van der Waals surface area contributed by atoms with Crippen LogP contribution in [-0.2, 0) is 21.4 Å². The Morgan fingerprint density at radius 3 is 2.66 bits per heavy atom.